The largest absolute Gasteiger partial charge is 0.405 e. The standard InChI is InChI=1S/C11H10BrF3N2S/c12-3-5-17(7-11(13,14)15)10-8-2-6-18-9(8)1-4-16-10/h1-2,4,6H,3,5,7H2. The van der Waals surface area contributed by atoms with Gasteiger partial charge in [0.15, 0.2) is 0 Å². The molecule has 0 aliphatic carbocycles. The second kappa shape index (κ2) is 5.44. The van der Waals surface area contributed by atoms with Crippen LogP contribution in [0.25, 0.3) is 10.1 Å². The number of pyridine rings is 1. The summed E-state index contributed by atoms with van der Waals surface area (Å²) < 4.78 is 38.6. The summed E-state index contributed by atoms with van der Waals surface area (Å²) in [5.74, 6) is 0.394. The average molecular weight is 339 g/mol. The van der Waals surface area contributed by atoms with Crippen LogP contribution in [0.5, 0.6) is 0 Å². The van der Waals surface area contributed by atoms with Crippen LogP contribution in [0.4, 0.5) is 19.0 Å². The number of hydrogen-bond acceptors (Lipinski definition) is 3. The molecule has 0 saturated carbocycles. The second-order valence-corrected chi connectivity index (χ2v) is 5.43. The smallest absolute Gasteiger partial charge is 0.346 e. The number of thiophene rings is 1. The molecule has 0 N–H and O–H groups in total. The van der Waals surface area contributed by atoms with E-state index in [0.717, 1.165) is 10.1 Å². The Morgan fingerprint density at radius 1 is 1.33 bits per heavy atom. The zero-order chi connectivity index (χ0) is 13.2. The number of aromatic nitrogens is 1. The molecule has 2 nitrogen and oxygen atoms in total. The summed E-state index contributed by atoms with van der Waals surface area (Å²) in [6.45, 7) is -0.720. The van der Waals surface area contributed by atoms with E-state index in [4.69, 9.17) is 0 Å². The highest BCUT2D eigenvalue weighted by molar-refractivity contribution is 9.09. The summed E-state index contributed by atoms with van der Waals surface area (Å²) >= 11 is 4.67. The molecule has 2 heterocycles. The molecule has 7 heteroatoms. The van der Waals surface area contributed by atoms with Crippen LogP contribution in [-0.2, 0) is 0 Å². The molecule has 2 rings (SSSR count). The zero-order valence-electron chi connectivity index (χ0n) is 9.25. The Balaban J connectivity index is 2.38. The van der Waals surface area contributed by atoms with Crippen LogP contribution in [0.1, 0.15) is 0 Å². The molecule has 0 spiro atoms. The van der Waals surface area contributed by atoms with Crippen LogP contribution in [0.15, 0.2) is 23.7 Å². The van der Waals surface area contributed by atoms with Crippen LogP contribution in [0.2, 0.25) is 0 Å². The molecule has 98 valence electrons. The monoisotopic (exact) mass is 338 g/mol. The molecular formula is C11H10BrF3N2S. The fourth-order valence-electron chi connectivity index (χ4n) is 1.71. The van der Waals surface area contributed by atoms with Gasteiger partial charge in [-0.15, -0.1) is 11.3 Å². The SMILES string of the molecule is FC(F)(F)CN(CCBr)c1nccc2sccc12. The lowest BCUT2D eigenvalue weighted by Crippen LogP contribution is -2.36. The average Bonchev–Trinajstić information content (AvgIpc) is 2.74. The van der Waals surface area contributed by atoms with Gasteiger partial charge in [-0.05, 0) is 17.5 Å². The minimum atomic E-state index is -4.23. The molecular weight excluding hydrogens is 329 g/mol. The maximum Gasteiger partial charge on any atom is 0.405 e. The van der Waals surface area contributed by atoms with Crippen molar-refractivity contribution in [1.82, 2.24) is 4.98 Å². The highest BCUT2D eigenvalue weighted by Crippen LogP contribution is 2.30. The number of halogens is 4. The van der Waals surface area contributed by atoms with Crippen molar-refractivity contribution in [3.8, 4) is 0 Å². The number of fused-ring (bicyclic) bond motifs is 1. The van der Waals surface area contributed by atoms with Crippen molar-refractivity contribution in [3.63, 3.8) is 0 Å². The van der Waals surface area contributed by atoms with E-state index in [0.29, 0.717) is 11.1 Å². The van der Waals surface area contributed by atoms with Gasteiger partial charge >= 0.3 is 6.18 Å². The zero-order valence-corrected chi connectivity index (χ0v) is 11.6. The predicted octanol–water partition coefficient (Wildman–Crippen LogP) is 4.06. The molecule has 0 aliphatic rings. The van der Waals surface area contributed by atoms with Crippen molar-refractivity contribution in [2.75, 3.05) is 23.3 Å². The van der Waals surface area contributed by atoms with E-state index < -0.39 is 12.7 Å². The van der Waals surface area contributed by atoms with Gasteiger partial charge in [0.2, 0.25) is 0 Å². The maximum atomic E-state index is 12.6. The molecule has 2 aromatic heterocycles. The van der Waals surface area contributed by atoms with Gasteiger partial charge in [-0.25, -0.2) is 4.98 Å². The van der Waals surface area contributed by atoms with Crippen molar-refractivity contribution in [2.24, 2.45) is 0 Å². The Kier molecular flexibility index (Phi) is 4.11. The molecule has 2 aromatic rings. The van der Waals surface area contributed by atoms with E-state index in [1.807, 2.05) is 11.4 Å². The minimum Gasteiger partial charge on any atom is -0.346 e. The Hall–Kier alpha value is -0.820. The summed E-state index contributed by atoms with van der Waals surface area (Å²) in [5.41, 5.74) is 0. The predicted molar refractivity (Wildman–Crippen MR) is 71.7 cm³/mol. The van der Waals surface area contributed by atoms with E-state index in [2.05, 4.69) is 20.9 Å². The number of nitrogens with zero attached hydrogens (tertiary/aromatic N) is 2. The van der Waals surface area contributed by atoms with Gasteiger partial charge in [0, 0.05) is 28.2 Å². The van der Waals surface area contributed by atoms with Crippen molar-refractivity contribution in [1.29, 1.82) is 0 Å². The number of alkyl halides is 4. The van der Waals surface area contributed by atoms with Gasteiger partial charge in [0.1, 0.15) is 12.4 Å². The van der Waals surface area contributed by atoms with E-state index >= 15 is 0 Å². The quantitative estimate of drug-likeness (QED) is 0.781. The topological polar surface area (TPSA) is 16.1 Å². The van der Waals surface area contributed by atoms with E-state index in [1.54, 1.807) is 12.3 Å². The molecule has 0 bridgehead atoms. The first kappa shape index (κ1) is 13.6. The molecule has 0 atom stereocenters. The molecule has 0 aliphatic heterocycles. The fourth-order valence-corrected chi connectivity index (χ4v) is 2.91. The molecule has 0 radical (unpaired) electrons. The first-order chi connectivity index (χ1) is 8.51. The molecule has 0 amide bonds. The Labute approximate surface area is 115 Å². The van der Waals surface area contributed by atoms with Crippen molar-refractivity contribution >= 4 is 43.2 Å². The lowest BCUT2D eigenvalue weighted by molar-refractivity contribution is -0.119. The fraction of sp³-hybridized carbons (Fsp3) is 0.364. The highest BCUT2D eigenvalue weighted by atomic mass is 79.9. The summed E-state index contributed by atoms with van der Waals surface area (Å²) in [6, 6.07) is 3.61. The van der Waals surface area contributed by atoms with E-state index in [-0.39, 0.29) is 6.54 Å². The molecule has 0 saturated heterocycles. The van der Waals surface area contributed by atoms with Crippen LogP contribution in [0.3, 0.4) is 0 Å². The Morgan fingerprint density at radius 2 is 2.11 bits per heavy atom. The van der Waals surface area contributed by atoms with Gasteiger partial charge in [-0.3, -0.25) is 0 Å². The van der Waals surface area contributed by atoms with Gasteiger partial charge in [0.25, 0.3) is 0 Å². The van der Waals surface area contributed by atoms with Crippen LogP contribution >= 0.6 is 27.3 Å². The Bertz CT molecular complexity index is 526. The van der Waals surface area contributed by atoms with Crippen LogP contribution in [-0.4, -0.2) is 29.6 Å². The lowest BCUT2D eigenvalue weighted by Gasteiger charge is -2.24. The minimum absolute atomic E-state index is 0.265. The highest BCUT2D eigenvalue weighted by Gasteiger charge is 2.31. The molecule has 18 heavy (non-hydrogen) atoms. The number of hydrogen-bond donors (Lipinski definition) is 0. The van der Waals surface area contributed by atoms with Gasteiger partial charge in [-0.2, -0.15) is 13.2 Å². The first-order valence-electron chi connectivity index (χ1n) is 5.21. The van der Waals surface area contributed by atoms with Crippen molar-refractivity contribution in [3.05, 3.63) is 23.7 Å². The van der Waals surface area contributed by atoms with Gasteiger partial charge in [0.05, 0.1) is 0 Å². The molecule has 0 aromatic carbocycles. The van der Waals surface area contributed by atoms with Crippen molar-refractivity contribution in [2.45, 2.75) is 6.18 Å². The van der Waals surface area contributed by atoms with Crippen molar-refractivity contribution < 1.29 is 13.2 Å². The third kappa shape index (κ3) is 3.14. The second-order valence-electron chi connectivity index (χ2n) is 3.69. The molecule has 0 fully saturated rings. The van der Waals surface area contributed by atoms with Gasteiger partial charge in [-0.1, -0.05) is 15.9 Å². The number of rotatable bonds is 4. The third-order valence-electron chi connectivity index (χ3n) is 2.38. The summed E-state index contributed by atoms with van der Waals surface area (Å²) in [7, 11) is 0. The molecule has 0 unspecified atom stereocenters. The van der Waals surface area contributed by atoms with Gasteiger partial charge < -0.3 is 4.90 Å². The lowest BCUT2D eigenvalue weighted by atomic mass is 10.3. The summed E-state index contributed by atoms with van der Waals surface area (Å²) in [5, 5.41) is 3.09. The van der Waals surface area contributed by atoms with E-state index in [9.17, 15) is 13.2 Å². The Morgan fingerprint density at radius 3 is 2.78 bits per heavy atom. The normalized spacial score (nSPS) is 12.0. The number of anilines is 1. The van der Waals surface area contributed by atoms with Crippen LogP contribution in [0, 0.1) is 0 Å². The third-order valence-corrected chi connectivity index (χ3v) is 3.62. The first-order valence-corrected chi connectivity index (χ1v) is 7.21. The maximum absolute atomic E-state index is 12.6. The summed E-state index contributed by atoms with van der Waals surface area (Å²) in [4.78, 5) is 5.35. The van der Waals surface area contributed by atoms with Crippen LogP contribution < -0.4 is 4.90 Å². The summed E-state index contributed by atoms with van der Waals surface area (Å²) in [6.07, 6.45) is -2.69. The van der Waals surface area contributed by atoms with E-state index in [1.165, 1.54) is 16.2 Å².